The number of aryl methyl sites for hydroxylation is 1. The molecular weight excluding hydrogens is 558 g/mol. The van der Waals surface area contributed by atoms with E-state index in [9.17, 15) is 9.59 Å². The van der Waals surface area contributed by atoms with Crippen molar-refractivity contribution in [3.63, 3.8) is 0 Å². The minimum absolute atomic E-state index is 0.373. The average Bonchev–Trinajstić information content (AvgIpc) is 3.04. The predicted octanol–water partition coefficient (Wildman–Crippen LogP) is 11.8. The number of ether oxygens (including phenoxy) is 2. The molecule has 0 bridgehead atoms. The Bertz CT molecular complexity index is 775. The lowest BCUT2D eigenvalue weighted by Crippen LogP contribution is -2.31. The van der Waals surface area contributed by atoms with Gasteiger partial charge in [0.05, 0.1) is 13.2 Å². The molecule has 260 valence electrons. The van der Waals surface area contributed by atoms with Crippen molar-refractivity contribution < 1.29 is 23.6 Å². The van der Waals surface area contributed by atoms with Gasteiger partial charge >= 0.3 is 11.9 Å². The molecule has 0 unspecified atom stereocenters. The van der Waals surface area contributed by atoms with Gasteiger partial charge in [0.25, 0.3) is 0 Å². The molecule has 1 rings (SSSR count). The zero-order valence-electron chi connectivity index (χ0n) is 30.0. The van der Waals surface area contributed by atoms with Gasteiger partial charge in [0.2, 0.25) is 0 Å². The van der Waals surface area contributed by atoms with Gasteiger partial charge in [0.15, 0.2) is 12.4 Å². The summed E-state index contributed by atoms with van der Waals surface area (Å²) in [6.45, 7) is 5.40. The number of hydrogen-bond donors (Lipinski definition) is 0. The second kappa shape index (κ2) is 30.7. The average molecular weight is 631 g/mol. The fourth-order valence-corrected chi connectivity index (χ4v) is 6.03. The van der Waals surface area contributed by atoms with E-state index in [0.717, 1.165) is 25.7 Å². The Morgan fingerprint density at radius 1 is 0.444 bits per heavy atom. The standard InChI is InChI=1S/C40H72NO4/c1-4-6-8-10-12-14-16-18-20-22-24-26-28-30-32-44-39(42)37-34-38(36-41(3)35-37)40(43)45-33-31-29-27-25-23-21-19-17-15-13-11-9-7-5-2/h34-36H,4-33H2,1-3H3/q+1. The lowest BCUT2D eigenvalue weighted by atomic mass is 10.0. The van der Waals surface area contributed by atoms with Crippen LogP contribution in [0.3, 0.4) is 0 Å². The van der Waals surface area contributed by atoms with E-state index in [-0.39, 0.29) is 11.9 Å². The number of carbonyl (C=O) groups excluding carboxylic acids is 2. The molecule has 0 spiro atoms. The summed E-state index contributed by atoms with van der Waals surface area (Å²) < 4.78 is 12.8. The van der Waals surface area contributed by atoms with E-state index in [2.05, 4.69) is 13.8 Å². The van der Waals surface area contributed by atoms with Crippen LogP contribution in [-0.2, 0) is 16.5 Å². The van der Waals surface area contributed by atoms with E-state index in [4.69, 9.17) is 9.47 Å². The van der Waals surface area contributed by atoms with Crippen molar-refractivity contribution >= 4 is 11.9 Å². The maximum Gasteiger partial charge on any atom is 0.344 e. The molecule has 1 aromatic heterocycles. The molecule has 0 aromatic carbocycles. The molecule has 0 saturated heterocycles. The van der Waals surface area contributed by atoms with Crippen molar-refractivity contribution in [2.24, 2.45) is 7.05 Å². The monoisotopic (exact) mass is 631 g/mol. The van der Waals surface area contributed by atoms with Gasteiger partial charge in [-0.1, -0.05) is 181 Å². The van der Waals surface area contributed by atoms with Crippen LogP contribution in [0.4, 0.5) is 0 Å². The van der Waals surface area contributed by atoms with E-state index in [1.54, 1.807) is 23.0 Å². The lowest BCUT2D eigenvalue weighted by Gasteiger charge is -2.07. The summed E-state index contributed by atoms with van der Waals surface area (Å²) in [5.41, 5.74) is 0.794. The van der Waals surface area contributed by atoms with Gasteiger partial charge in [0, 0.05) is 0 Å². The molecule has 45 heavy (non-hydrogen) atoms. The smallest absolute Gasteiger partial charge is 0.344 e. The third-order valence-corrected chi connectivity index (χ3v) is 8.93. The highest BCUT2D eigenvalue weighted by atomic mass is 16.5. The van der Waals surface area contributed by atoms with Crippen LogP contribution in [0, 0.1) is 0 Å². The van der Waals surface area contributed by atoms with E-state index >= 15 is 0 Å². The third-order valence-electron chi connectivity index (χ3n) is 8.93. The Kier molecular flexibility index (Phi) is 28.1. The van der Waals surface area contributed by atoms with Crippen LogP contribution in [0.25, 0.3) is 0 Å². The molecule has 0 fully saturated rings. The number of hydrogen-bond acceptors (Lipinski definition) is 4. The quantitative estimate of drug-likeness (QED) is 0.0451. The van der Waals surface area contributed by atoms with Gasteiger partial charge in [-0.3, -0.25) is 0 Å². The van der Waals surface area contributed by atoms with E-state index < -0.39 is 0 Å². The van der Waals surface area contributed by atoms with Gasteiger partial charge in [-0.05, 0) is 18.9 Å². The Morgan fingerprint density at radius 2 is 0.689 bits per heavy atom. The van der Waals surface area contributed by atoms with Crippen LogP contribution in [0.1, 0.15) is 214 Å². The molecule has 0 aliphatic heterocycles. The molecule has 0 amide bonds. The Labute approximate surface area is 278 Å². The lowest BCUT2D eigenvalue weighted by molar-refractivity contribution is -0.671. The third kappa shape index (κ3) is 24.9. The topological polar surface area (TPSA) is 56.5 Å². The number of unbranched alkanes of at least 4 members (excludes halogenated alkanes) is 26. The highest BCUT2D eigenvalue weighted by Crippen LogP contribution is 2.15. The second-order valence-corrected chi connectivity index (χ2v) is 13.4. The predicted molar refractivity (Wildman–Crippen MR) is 189 cm³/mol. The van der Waals surface area contributed by atoms with Gasteiger partial charge in [-0.2, -0.15) is 0 Å². The first-order chi connectivity index (χ1) is 22.1. The van der Waals surface area contributed by atoms with E-state index in [1.165, 1.54) is 154 Å². The normalized spacial score (nSPS) is 11.2. The Hall–Kier alpha value is -1.91. The first-order valence-corrected chi connectivity index (χ1v) is 19.4. The van der Waals surface area contributed by atoms with Crippen LogP contribution < -0.4 is 4.57 Å². The van der Waals surface area contributed by atoms with Crippen LogP contribution in [-0.4, -0.2) is 25.2 Å². The first-order valence-electron chi connectivity index (χ1n) is 19.4. The van der Waals surface area contributed by atoms with Gasteiger partial charge in [-0.25, -0.2) is 14.2 Å². The minimum Gasteiger partial charge on any atom is -0.462 e. The molecule has 1 heterocycles. The molecule has 1 aromatic rings. The van der Waals surface area contributed by atoms with Crippen molar-refractivity contribution in [3.8, 4) is 0 Å². The molecule has 0 aliphatic carbocycles. The van der Waals surface area contributed by atoms with Crippen molar-refractivity contribution in [3.05, 3.63) is 29.6 Å². The van der Waals surface area contributed by atoms with Crippen molar-refractivity contribution in [1.29, 1.82) is 0 Å². The highest BCUT2D eigenvalue weighted by molar-refractivity contribution is 5.94. The van der Waals surface area contributed by atoms with Crippen molar-refractivity contribution in [1.82, 2.24) is 0 Å². The zero-order valence-corrected chi connectivity index (χ0v) is 30.0. The number of pyridine rings is 1. The van der Waals surface area contributed by atoms with Gasteiger partial charge in [-0.15, -0.1) is 0 Å². The zero-order chi connectivity index (χ0) is 32.6. The maximum atomic E-state index is 12.6. The summed E-state index contributed by atoms with van der Waals surface area (Å²) in [4.78, 5) is 25.3. The van der Waals surface area contributed by atoms with Gasteiger partial charge < -0.3 is 9.47 Å². The first kappa shape index (κ1) is 41.1. The maximum absolute atomic E-state index is 12.6. The molecule has 5 heteroatoms. The summed E-state index contributed by atoms with van der Waals surface area (Å²) in [5, 5.41) is 0. The molecule has 0 radical (unpaired) electrons. The molecular formula is C40H72NO4+. The van der Waals surface area contributed by atoms with Crippen molar-refractivity contribution in [2.45, 2.75) is 194 Å². The minimum atomic E-state index is -0.373. The number of aromatic nitrogens is 1. The number of esters is 2. The largest absolute Gasteiger partial charge is 0.462 e. The molecule has 5 nitrogen and oxygen atoms in total. The summed E-state index contributed by atoms with van der Waals surface area (Å²) in [6, 6.07) is 1.60. The summed E-state index contributed by atoms with van der Waals surface area (Å²) in [6.07, 6.45) is 39.8. The molecule has 0 aliphatic rings. The second-order valence-electron chi connectivity index (χ2n) is 13.4. The Balaban J connectivity index is 2.05. The summed E-state index contributed by atoms with van der Waals surface area (Å²) in [5.74, 6) is -0.746. The van der Waals surface area contributed by atoms with Crippen molar-refractivity contribution in [2.75, 3.05) is 13.2 Å². The van der Waals surface area contributed by atoms with Crippen LogP contribution >= 0.6 is 0 Å². The summed E-state index contributed by atoms with van der Waals surface area (Å²) in [7, 11) is 1.81. The van der Waals surface area contributed by atoms with Gasteiger partial charge in [0.1, 0.15) is 18.2 Å². The summed E-state index contributed by atoms with van der Waals surface area (Å²) >= 11 is 0. The fourth-order valence-electron chi connectivity index (χ4n) is 6.03. The fraction of sp³-hybridized carbons (Fsp3) is 0.825. The van der Waals surface area contributed by atoms with Crippen LogP contribution in [0.5, 0.6) is 0 Å². The SMILES string of the molecule is CCCCCCCCCCCCCCCCOC(=O)c1cc(C(=O)OCCCCCCCCCCCCCCCC)c[n+](C)c1. The molecule has 0 N–H and O–H groups in total. The number of carbonyl (C=O) groups is 2. The van der Waals surface area contributed by atoms with E-state index in [1.807, 2.05) is 7.05 Å². The highest BCUT2D eigenvalue weighted by Gasteiger charge is 2.18. The van der Waals surface area contributed by atoms with E-state index in [0.29, 0.717) is 24.3 Å². The molecule has 0 saturated carbocycles. The molecule has 0 atom stereocenters. The number of rotatable bonds is 32. The Morgan fingerprint density at radius 3 is 0.956 bits per heavy atom. The van der Waals surface area contributed by atoms with Crippen LogP contribution in [0.2, 0.25) is 0 Å². The number of nitrogens with zero attached hydrogens (tertiary/aromatic N) is 1. The van der Waals surface area contributed by atoms with Crippen LogP contribution in [0.15, 0.2) is 18.5 Å².